The monoisotopic (exact) mass is 354 g/mol. The Labute approximate surface area is 156 Å². The highest BCUT2D eigenvalue weighted by atomic mass is 16.6. The Balaban J connectivity index is 1.69. The van der Waals surface area contributed by atoms with Gasteiger partial charge in [-0.05, 0) is 74.2 Å². The first-order chi connectivity index (χ1) is 12.3. The van der Waals surface area contributed by atoms with Gasteiger partial charge in [0.2, 0.25) is 0 Å². The van der Waals surface area contributed by atoms with Crippen LogP contribution in [-0.4, -0.2) is 17.4 Å². The number of carbonyl (C=O) groups is 2. The van der Waals surface area contributed by atoms with Crippen LogP contribution in [0, 0.1) is 40.9 Å². The smallest absolute Gasteiger partial charge is 0.304 e. The van der Waals surface area contributed by atoms with E-state index < -0.39 is 5.60 Å². The van der Waals surface area contributed by atoms with E-state index in [1.807, 2.05) is 6.08 Å². The van der Waals surface area contributed by atoms with Crippen molar-refractivity contribution in [1.29, 1.82) is 0 Å². The van der Waals surface area contributed by atoms with Gasteiger partial charge in [-0.25, -0.2) is 0 Å². The summed E-state index contributed by atoms with van der Waals surface area (Å²) in [5.74, 6) is 4.71. The number of rotatable bonds is 1. The van der Waals surface area contributed by atoms with Gasteiger partial charge in [0, 0.05) is 18.8 Å². The minimum Gasteiger partial charge on any atom is -0.445 e. The normalized spacial score (nSPS) is 47.1. The minimum atomic E-state index is -0.742. The molecule has 0 heterocycles. The number of terminal acetylenes is 1. The molecule has 0 aromatic carbocycles. The van der Waals surface area contributed by atoms with Crippen LogP contribution in [0.4, 0.5) is 0 Å². The summed E-state index contributed by atoms with van der Waals surface area (Å²) in [4.78, 5) is 23.7. The summed E-state index contributed by atoms with van der Waals surface area (Å²) in [6.45, 7) is 6.13. The largest absolute Gasteiger partial charge is 0.445 e. The van der Waals surface area contributed by atoms with Crippen LogP contribution in [0.1, 0.15) is 72.1 Å². The molecular formula is C23H30O3. The average Bonchev–Trinajstić information content (AvgIpc) is 2.88. The van der Waals surface area contributed by atoms with E-state index in [1.165, 1.54) is 12.5 Å². The van der Waals surface area contributed by atoms with E-state index in [0.29, 0.717) is 30.0 Å². The van der Waals surface area contributed by atoms with Crippen molar-refractivity contribution < 1.29 is 14.3 Å². The maximum atomic E-state index is 11.9. The van der Waals surface area contributed by atoms with Crippen molar-refractivity contribution in [1.82, 2.24) is 0 Å². The van der Waals surface area contributed by atoms with E-state index in [4.69, 9.17) is 11.2 Å². The molecule has 0 aliphatic heterocycles. The second-order valence-electron chi connectivity index (χ2n) is 9.53. The predicted octanol–water partition coefficient (Wildman–Crippen LogP) is 4.45. The fraction of sp³-hybridized carbons (Fsp3) is 0.739. The molecule has 3 saturated carbocycles. The Hall–Kier alpha value is -1.56. The molecule has 4 rings (SSSR count). The number of esters is 1. The lowest BCUT2D eigenvalue weighted by atomic mass is 9.46. The summed E-state index contributed by atoms with van der Waals surface area (Å²) >= 11 is 0. The van der Waals surface area contributed by atoms with Crippen molar-refractivity contribution in [2.45, 2.75) is 77.7 Å². The molecule has 3 heteroatoms. The summed E-state index contributed by atoms with van der Waals surface area (Å²) in [5.41, 5.74) is 0.686. The number of ether oxygens (including phenoxy) is 1. The van der Waals surface area contributed by atoms with Gasteiger partial charge in [-0.2, -0.15) is 0 Å². The number of hydrogen-bond donors (Lipinski definition) is 0. The molecule has 0 spiro atoms. The number of carbonyl (C=O) groups excluding carboxylic acids is 2. The van der Waals surface area contributed by atoms with Crippen LogP contribution in [0.3, 0.4) is 0 Å². The first-order valence-electron chi connectivity index (χ1n) is 10.2. The van der Waals surface area contributed by atoms with Crippen molar-refractivity contribution in [3.8, 4) is 12.3 Å². The molecular weight excluding hydrogens is 324 g/mol. The van der Waals surface area contributed by atoms with E-state index in [2.05, 4.69) is 19.8 Å². The van der Waals surface area contributed by atoms with E-state index >= 15 is 0 Å². The molecule has 0 aromatic rings. The van der Waals surface area contributed by atoms with Crippen LogP contribution in [0.25, 0.3) is 0 Å². The zero-order chi connectivity index (χ0) is 18.7. The van der Waals surface area contributed by atoms with E-state index in [-0.39, 0.29) is 16.8 Å². The Bertz CT molecular complexity index is 728. The highest BCUT2D eigenvalue weighted by Crippen LogP contribution is 2.68. The van der Waals surface area contributed by atoms with Crippen molar-refractivity contribution in [2.24, 2.45) is 28.6 Å². The summed E-state index contributed by atoms with van der Waals surface area (Å²) < 4.78 is 5.81. The Morgan fingerprint density at radius 1 is 1.15 bits per heavy atom. The van der Waals surface area contributed by atoms with Gasteiger partial charge >= 0.3 is 5.97 Å². The molecule has 0 amide bonds. The number of hydrogen-bond acceptors (Lipinski definition) is 3. The molecule has 0 N–H and O–H groups in total. The second kappa shape index (κ2) is 5.72. The van der Waals surface area contributed by atoms with Crippen molar-refractivity contribution in [2.75, 3.05) is 0 Å². The topological polar surface area (TPSA) is 43.4 Å². The van der Waals surface area contributed by atoms with Gasteiger partial charge in [0.25, 0.3) is 0 Å². The zero-order valence-electron chi connectivity index (χ0n) is 16.3. The standard InChI is InChI=1S/C23H30O3/c1-5-23(26-15(2)24)13-10-20-18-7-6-16-14-17(25)8-11-21(16,3)19(18)9-12-22(20,23)4/h1,14,18-20H,6-13H2,2-4H3/t18-,19+,20-,21+,22+,23+/m1/s1. The zero-order valence-corrected chi connectivity index (χ0v) is 16.3. The highest BCUT2D eigenvalue weighted by Gasteiger charge is 2.65. The Morgan fingerprint density at radius 2 is 1.88 bits per heavy atom. The number of fused-ring (bicyclic) bond motifs is 5. The van der Waals surface area contributed by atoms with Gasteiger partial charge in [-0.15, -0.1) is 6.42 Å². The van der Waals surface area contributed by atoms with Crippen LogP contribution in [0.5, 0.6) is 0 Å². The molecule has 140 valence electrons. The van der Waals surface area contributed by atoms with E-state index in [1.54, 1.807) is 0 Å². The highest BCUT2D eigenvalue weighted by molar-refractivity contribution is 5.91. The predicted molar refractivity (Wildman–Crippen MR) is 100 cm³/mol. The molecule has 6 atom stereocenters. The van der Waals surface area contributed by atoms with Gasteiger partial charge in [0.1, 0.15) is 0 Å². The molecule has 0 bridgehead atoms. The molecule has 0 saturated heterocycles. The van der Waals surface area contributed by atoms with Crippen molar-refractivity contribution in [3.63, 3.8) is 0 Å². The SMILES string of the molecule is C#C[C@]1(OC(C)=O)CC[C@@H]2[C@@H]3CCC4=CC(=O)CC[C@]4(C)[C@H]3CC[C@@]21C. The van der Waals surface area contributed by atoms with Crippen molar-refractivity contribution >= 4 is 11.8 Å². The van der Waals surface area contributed by atoms with Crippen molar-refractivity contribution in [3.05, 3.63) is 11.6 Å². The maximum Gasteiger partial charge on any atom is 0.304 e. The average molecular weight is 354 g/mol. The van der Waals surface area contributed by atoms with E-state index in [0.717, 1.165) is 44.9 Å². The molecule has 4 aliphatic carbocycles. The summed E-state index contributed by atoms with van der Waals surface area (Å²) in [6, 6.07) is 0. The first kappa shape index (κ1) is 17.8. The molecule has 26 heavy (non-hydrogen) atoms. The van der Waals surface area contributed by atoms with Gasteiger partial charge in [-0.3, -0.25) is 9.59 Å². The third kappa shape index (κ3) is 2.20. The third-order valence-corrected chi connectivity index (χ3v) is 8.63. The van der Waals surface area contributed by atoms with Crippen LogP contribution in [0.2, 0.25) is 0 Å². The quantitative estimate of drug-likeness (QED) is 0.516. The minimum absolute atomic E-state index is 0.128. The molecule has 0 unspecified atom stereocenters. The van der Waals surface area contributed by atoms with Crippen LogP contribution in [0.15, 0.2) is 11.6 Å². The van der Waals surface area contributed by atoms with Crippen LogP contribution < -0.4 is 0 Å². The molecule has 3 fully saturated rings. The number of ketones is 1. The van der Waals surface area contributed by atoms with Gasteiger partial charge in [0.05, 0.1) is 0 Å². The molecule has 0 radical (unpaired) electrons. The van der Waals surface area contributed by atoms with Crippen LogP contribution >= 0.6 is 0 Å². The number of allylic oxidation sites excluding steroid dienone is 1. The first-order valence-corrected chi connectivity index (χ1v) is 10.2. The lowest BCUT2D eigenvalue weighted by molar-refractivity contribution is -0.169. The van der Waals surface area contributed by atoms with Gasteiger partial charge < -0.3 is 4.74 Å². The van der Waals surface area contributed by atoms with Gasteiger partial charge in [0.15, 0.2) is 11.4 Å². The molecule has 0 aromatic heterocycles. The summed E-state index contributed by atoms with van der Waals surface area (Å²) in [7, 11) is 0. The lowest BCUT2D eigenvalue weighted by Gasteiger charge is -2.58. The van der Waals surface area contributed by atoms with Gasteiger partial charge in [-0.1, -0.05) is 25.3 Å². The Morgan fingerprint density at radius 3 is 2.58 bits per heavy atom. The van der Waals surface area contributed by atoms with Crippen LogP contribution in [-0.2, 0) is 14.3 Å². The molecule has 3 nitrogen and oxygen atoms in total. The second-order valence-corrected chi connectivity index (χ2v) is 9.53. The van der Waals surface area contributed by atoms with E-state index in [9.17, 15) is 9.59 Å². The Kier molecular flexibility index (Phi) is 3.92. The summed E-state index contributed by atoms with van der Waals surface area (Å²) in [6.07, 6.45) is 15.7. The third-order valence-electron chi connectivity index (χ3n) is 8.63. The summed E-state index contributed by atoms with van der Waals surface area (Å²) in [5, 5.41) is 0. The molecule has 4 aliphatic rings. The lowest BCUT2D eigenvalue weighted by Crippen LogP contribution is -2.55. The fourth-order valence-corrected chi connectivity index (χ4v) is 7.24. The fourth-order valence-electron chi connectivity index (χ4n) is 7.24. The maximum absolute atomic E-state index is 11.9.